The van der Waals surface area contributed by atoms with E-state index in [9.17, 15) is 0 Å². The number of benzene rings is 1. The molecular formula is C18H30N2S. The van der Waals surface area contributed by atoms with Crippen LogP contribution in [0.1, 0.15) is 57.6 Å². The smallest absolute Gasteiger partial charge is 0.0322 e. The summed E-state index contributed by atoms with van der Waals surface area (Å²) in [6.45, 7) is 5.83. The van der Waals surface area contributed by atoms with Crippen molar-refractivity contribution in [3.8, 4) is 0 Å². The van der Waals surface area contributed by atoms with Crippen molar-refractivity contribution in [1.29, 1.82) is 0 Å². The van der Waals surface area contributed by atoms with Crippen LogP contribution in [-0.4, -0.2) is 29.8 Å². The van der Waals surface area contributed by atoms with Gasteiger partial charge in [-0.25, -0.2) is 0 Å². The first kappa shape index (κ1) is 16.9. The summed E-state index contributed by atoms with van der Waals surface area (Å²) in [5.41, 5.74) is 7.51. The minimum atomic E-state index is 0.431. The number of thioether (sulfide) groups is 1. The van der Waals surface area contributed by atoms with Crippen LogP contribution in [0.25, 0.3) is 0 Å². The molecule has 1 fully saturated rings. The van der Waals surface area contributed by atoms with Gasteiger partial charge < -0.3 is 5.73 Å². The second-order valence-corrected chi connectivity index (χ2v) is 7.14. The Morgan fingerprint density at radius 3 is 2.33 bits per heavy atom. The van der Waals surface area contributed by atoms with Gasteiger partial charge in [-0.3, -0.25) is 4.90 Å². The number of hydrogen-bond donors (Lipinski definition) is 1. The molecule has 1 saturated carbocycles. The maximum absolute atomic E-state index is 6.07. The molecule has 1 aliphatic rings. The Hall–Kier alpha value is -0.510. The molecule has 0 aliphatic heterocycles. The van der Waals surface area contributed by atoms with Gasteiger partial charge in [0.25, 0.3) is 0 Å². The van der Waals surface area contributed by atoms with Gasteiger partial charge in [0.1, 0.15) is 0 Å². The Balaban J connectivity index is 2.08. The minimum Gasteiger partial charge on any atom is -0.328 e. The fourth-order valence-electron chi connectivity index (χ4n) is 3.46. The van der Waals surface area contributed by atoms with Crippen molar-refractivity contribution in [2.45, 2.75) is 69.0 Å². The summed E-state index contributed by atoms with van der Waals surface area (Å²) in [6, 6.07) is 10.7. The van der Waals surface area contributed by atoms with E-state index < -0.39 is 0 Å². The van der Waals surface area contributed by atoms with Crippen molar-refractivity contribution < 1.29 is 0 Å². The number of nitrogens with zero attached hydrogens (tertiary/aromatic N) is 1. The highest BCUT2D eigenvalue weighted by Gasteiger charge is 2.27. The van der Waals surface area contributed by atoms with Crippen LogP contribution in [0.2, 0.25) is 0 Å². The summed E-state index contributed by atoms with van der Waals surface area (Å²) in [6.07, 6.45) is 8.23. The summed E-state index contributed by atoms with van der Waals surface area (Å²) in [5.74, 6) is 0. The molecule has 0 bridgehead atoms. The van der Waals surface area contributed by atoms with Gasteiger partial charge in [0.05, 0.1) is 0 Å². The van der Waals surface area contributed by atoms with Gasteiger partial charge in [0.2, 0.25) is 0 Å². The molecule has 2 rings (SSSR count). The first-order chi connectivity index (χ1) is 10.2. The zero-order chi connectivity index (χ0) is 15.2. The summed E-state index contributed by atoms with van der Waals surface area (Å²) in [4.78, 5) is 4.05. The summed E-state index contributed by atoms with van der Waals surface area (Å²) < 4.78 is 0. The van der Waals surface area contributed by atoms with E-state index >= 15 is 0 Å². The van der Waals surface area contributed by atoms with Crippen molar-refractivity contribution >= 4 is 11.8 Å². The lowest BCUT2D eigenvalue weighted by molar-refractivity contribution is 0.107. The Morgan fingerprint density at radius 2 is 1.81 bits per heavy atom. The van der Waals surface area contributed by atoms with E-state index in [4.69, 9.17) is 5.73 Å². The molecule has 118 valence electrons. The zero-order valence-corrected chi connectivity index (χ0v) is 14.5. The fraction of sp³-hybridized carbons (Fsp3) is 0.667. The van der Waals surface area contributed by atoms with Crippen molar-refractivity contribution in [1.82, 2.24) is 4.90 Å². The summed E-state index contributed by atoms with van der Waals surface area (Å²) >= 11 is 1.81. The van der Waals surface area contributed by atoms with Crippen molar-refractivity contribution in [3.63, 3.8) is 0 Å². The quantitative estimate of drug-likeness (QED) is 0.787. The molecule has 0 spiro atoms. The third-order valence-electron chi connectivity index (χ3n) is 4.79. The van der Waals surface area contributed by atoms with Gasteiger partial charge in [-0.05, 0) is 69.5 Å². The lowest BCUT2D eigenvalue weighted by Gasteiger charge is -2.40. The maximum Gasteiger partial charge on any atom is 0.0322 e. The molecule has 0 aromatic heterocycles. The summed E-state index contributed by atoms with van der Waals surface area (Å²) in [5, 5.41) is 0. The van der Waals surface area contributed by atoms with E-state index in [1.54, 1.807) is 0 Å². The van der Waals surface area contributed by atoms with E-state index in [0.717, 1.165) is 0 Å². The van der Waals surface area contributed by atoms with Crippen LogP contribution >= 0.6 is 11.8 Å². The van der Waals surface area contributed by atoms with Gasteiger partial charge in [0, 0.05) is 23.0 Å². The Morgan fingerprint density at radius 1 is 1.19 bits per heavy atom. The predicted octanol–water partition coefficient (Wildman–Crippen LogP) is 4.45. The van der Waals surface area contributed by atoms with Gasteiger partial charge in [0.15, 0.2) is 0 Å². The highest BCUT2D eigenvalue weighted by molar-refractivity contribution is 7.98. The summed E-state index contributed by atoms with van der Waals surface area (Å²) in [7, 11) is 0. The molecule has 2 N–H and O–H groups in total. The molecule has 1 aliphatic carbocycles. The topological polar surface area (TPSA) is 29.3 Å². The minimum absolute atomic E-state index is 0.431. The highest BCUT2D eigenvalue weighted by atomic mass is 32.2. The van der Waals surface area contributed by atoms with Crippen LogP contribution in [0.3, 0.4) is 0 Å². The van der Waals surface area contributed by atoms with Crippen LogP contribution in [0, 0.1) is 0 Å². The molecule has 1 aromatic carbocycles. The first-order valence-corrected chi connectivity index (χ1v) is 9.53. The fourth-order valence-corrected chi connectivity index (χ4v) is 3.87. The third kappa shape index (κ3) is 4.48. The van der Waals surface area contributed by atoms with Crippen molar-refractivity contribution in [2.24, 2.45) is 5.73 Å². The molecule has 0 amide bonds. The van der Waals surface area contributed by atoms with Crippen LogP contribution in [0.5, 0.6) is 0 Å². The average Bonchev–Trinajstić information content (AvgIpc) is 2.53. The predicted molar refractivity (Wildman–Crippen MR) is 93.9 cm³/mol. The van der Waals surface area contributed by atoms with Crippen LogP contribution in [-0.2, 0) is 0 Å². The van der Waals surface area contributed by atoms with E-state index in [-0.39, 0.29) is 0 Å². The van der Waals surface area contributed by atoms with Gasteiger partial charge in [-0.1, -0.05) is 19.1 Å². The van der Waals surface area contributed by atoms with E-state index in [1.807, 2.05) is 11.8 Å². The second-order valence-electron chi connectivity index (χ2n) is 6.26. The maximum atomic E-state index is 6.07. The molecule has 3 heteroatoms. The molecular weight excluding hydrogens is 276 g/mol. The van der Waals surface area contributed by atoms with Crippen molar-refractivity contribution in [3.05, 3.63) is 29.8 Å². The number of hydrogen-bond acceptors (Lipinski definition) is 3. The molecule has 2 nitrogen and oxygen atoms in total. The number of nitrogens with two attached hydrogens (primary N) is 1. The number of rotatable bonds is 6. The molecule has 1 atom stereocenters. The zero-order valence-electron chi connectivity index (χ0n) is 13.7. The standard InChI is InChI=1S/C18H30N2S/c1-4-13-20(17-9-7-16(19)8-10-17)14(2)15-5-11-18(21-3)12-6-15/h5-6,11-12,14,16-17H,4,7-10,13,19H2,1-3H3. The van der Waals surface area contributed by atoms with Crippen molar-refractivity contribution in [2.75, 3.05) is 12.8 Å². The molecule has 1 unspecified atom stereocenters. The molecule has 0 saturated heterocycles. The highest BCUT2D eigenvalue weighted by Crippen LogP contribution is 2.30. The van der Waals surface area contributed by atoms with Crippen LogP contribution in [0.4, 0.5) is 0 Å². The van der Waals surface area contributed by atoms with E-state index in [0.29, 0.717) is 18.1 Å². The second kappa shape index (κ2) is 8.21. The van der Waals surface area contributed by atoms with E-state index in [2.05, 4.69) is 49.3 Å². The Bertz CT molecular complexity index is 410. The monoisotopic (exact) mass is 306 g/mol. The first-order valence-electron chi connectivity index (χ1n) is 8.31. The average molecular weight is 307 g/mol. The molecule has 21 heavy (non-hydrogen) atoms. The van der Waals surface area contributed by atoms with Crippen LogP contribution < -0.4 is 5.73 Å². The lowest BCUT2D eigenvalue weighted by atomic mass is 9.89. The van der Waals surface area contributed by atoms with Crippen LogP contribution in [0.15, 0.2) is 29.2 Å². The van der Waals surface area contributed by atoms with Gasteiger partial charge in [-0.2, -0.15) is 0 Å². The largest absolute Gasteiger partial charge is 0.328 e. The molecule has 1 aromatic rings. The van der Waals surface area contributed by atoms with E-state index in [1.165, 1.54) is 49.1 Å². The third-order valence-corrected chi connectivity index (χ3v) is 5.53. The SMILES string of the molecule is CCCN(C1CCC(N)CC1)C(C)c1ccc(SC)cc1. The Kier molecular flexibility index (Phi) is 6.59. The Labute approximate surface area is 134 Å². The molecule has 0 radical (unpaired) electrons. The molecule has 0 heterocycles. The normalized spacial score (nSPS) is 24.2. The van der Waals surface area contributed by atoms with Gasteiger partial charge >= 0.3 is 0 Å². The lowest BCUT2D eigenvalue weighted by Crippen LogP contribution is -2.42. The van der Waals surface area contributed by atoms with Gasteiger partial charge in [-0.15, -0.1) is 11.8 Å².